The van der Waals surface area contributed by atoms with Gasteiger partial charge in [-0.3, -0.25) is 4.79 Å². The van der Waals surface area contributed by atoms with Gasteiger partial charge in [-0.25, -0.2) is 0 Å². The Morgan fingerprint density at radius 3 is 2.57 bits per heavy atom. The molecule has 14 heavy (non-hydrogen) atoms. The van der Waals surface area contributed by atoms with Crippen LogP contribution in [0.4, 0.5) is 0 Å². The van der Waals surface area contributed by atoms with Gasteiger partial charge in [0, 0.05) is 20.1 Å². The Kier molecular flexibility index (Phi) is 7.42. The first kappa shape index (κ1) is 13.4. The van der Waals surface area contributed by atoms with E-state index in [2.05, 4.69) is 5.32 Å². The van der Waals surface area contributed by atoms with Gasteiger partial charge >= 0.3 is 0 Å². The summed E-state index contributed by atoms with van der Waals surface area (Å²) in [6.45, 7) is 4.51. The summed E-state index contributed by atoms with van der Waals surface area (Å²) in [5, 5.41) is 11.6. The third kappa shape index (κ3) is 6.86. The molecule has 0 heterocycles. The molecule has 4 nitrogen and oxygen atoms in total. The summed E-state index contributed by atoms with van der Waals surface area (Å²) in [5.41, 5.74) is 0. The van der Waals surface area contributed by atoms with Gasteiger partial charge in [0.1, 0.15) is 0 Å². The Hall–Kier alpha value is -0.610. The molecule has 0 saturated heterocycles. The maximum atomic E-state index is 11.4. The number of ether oxygens (including phenoxy) is 1. The van der Waals surface area contributed by atoms with Crippen molar-refractivity contribution in [1.29, 1.82) is 0 Å². The zero-order chi connectivity index (χ0) is 11.0. The van der Waals surface area contributed by atoms with E-state index in [1.54, 1.807) is 7.11 Å². The maximum absolute atomic E-state index is 11.4. The van der Waals surface area contributed by atoms with E-state index in [0.717, 1.165) is 0 Å². The third-order valence-corrected chi connectivity index (χ3v) is 1.80. The molecular weight excluding hydrogens is 182 g/mol. The quantitative estimate of drug-likeness (QED) is 0.635. The van der Waals surface area contributed by atoms with Crippen molar-refractivity contribution in [2.75, 3.05) is 20.3 Å². The highest BCUT2D eigenvalue weighted by molar-refractivity contribution is 5.76. The van der Waals surface area contributed by atoms with Crippen molar-refractivity contribution in [1.82, 2.24) is 5.32 Å². The van der Waals surface area contributed by atoms with Gasteiger partial charge in [-0.15, -0.1) is 0 Å². The molecule has 84 valence electrons. The van der Waals surface area contributed by atoms with Crippen LogP contribution in [0.2, 0.25) is 0 Å². The summed E-state index contributed by atoms with van der Waals surface area (Å²) >= 11 is 0. The minimum atomic E-state index is -0.0729. The van der Waals surface area contributed by atoms with Crippen LogP contribution in [-0.2, 0) is 9.53 Å². The fourth-order valence-corrected chi connectivity index (χ4v) is 1.21. The Morgan fingerprint density at radius 1 is 1.50 bits per heavy atom. The highest BCUT2D eigenvalue weighted by atomic mass is 16.5. The molecule has 4 heteroatoms. The fourth-order valence-electron chi connectivity index (χ4n) is 1.21. The van der Waals surface area contributed by atoms with Crippen molar-refractivity contribution >= 4 is 5.91 Å². The molecule has 1 amide bonds. The molecule has 1 atom stereocenters. The second-order valence-electron chi connectivity index (χ2n) is 3.83. The number of nitrogens with one attached hydrogen (secondary N) is 1. The first-order valence-corrected chi connectivity index (χ1v) is 4.99. The van der Waals surface area contributed by atoms with Crippen LogP contribution in [0.1, 0.15) is 26.7 Å². The molecule has 0 fully saturated rings. The van der Waals surface area contributed by atoms with Crippen molar-refractivity contribution in [3.63, 3.8) is 0 Å². The summed E-state index contributed by atoms with van der Waals surface area (Å²) in [4.78, 5) is 11.4. The summed E-state index contributed by atoms with van der Waals surface area (Å²) in [6.07, 6.45) is 1.06. The standard InChI is InChI=1S/C10H21NO3/c1-8(2)6-10(13)11-9(4-5-12)7-14-3/h8-9,12H,4-7H2,1-3H3,(H,11,13). The van der Waals surface area contributed by atoms with Crippen LogP contribution in [0.5, 0.6) is 0 Å². The summed E-state index contributed by atoms with van der Waals surface area (Å²) in [5.74, 6) is 0.378. The van der Waals surface area contributed by atoms with Crippen LogP contribution in [0.3, 0.4) is 0 Å². The minimum Gasteiger partial charge on any atom is -0.396 e. The average molecular weight is 203 g/mol. The van der Waals surface area contributed by atoms with E-state index in [4.69, 9.17) is 9.84 Å². The number of rotatable bonds is 7. The van der Waals surface area contributed by atoms with Gasteiger partial charge in [0.05, 0.1) is 12.6 Å². The Bertz CT molecular complexity index is 153. The smallest absolute Gasteiger partial charge is 0.220 e. The lowest BCUT2D eigenvalue weighted by Gasteiger charge is -2.17. The second kappa shape index (κ2) is 7.76. The van der Waals surface area contributed by atoms with Crippen molar-refractivity contribution in [2.45, 2.75) is 32.7 Å². The zero-order valence-corrected chi connectivity index (χ0v) is 9.25. The van der Waals surface area contributed by atoms with Crippen LogP contribution in [0.15, 0.2) is 0 Å². The summed E-state index contributed by atoms with van der Waals surface area (Å²) in [6, 6.07) is -0.0729. The van der Waals surface area contributed by atoms with Gasteiger partial charge in [0.15, 0.2) is 0 Å². The first-order chi connectivity index (χ1) is 6.60. The molecule has 0 aromatic heterocycles. The lowest BCUT2D eigenvalue weighted by Crippen LogP contribution is -2.39. The monoisotopic (exact) mass is 203 g/mol. The highest BCUT2D eigenvalue weighted by Crippen LogP contribution is 2.00. The first-order valence-electron chi connectivity index (χ1n) is 4.99. The van der Waals surface area contributed by atoms with E-state index in [1.165, 1.54) is 0 Å². The average Bonchev–Trinajstić information content (AvgIpc) is 2.03. The Labute approximate surface area is 85.6 Å². The van der Waals surface area contributed by atoms with Crippen molar-refractivity contribution in [2.24, 2.45) is 5.92 Å². The van der Waals surface area contributed by atoms with Gasteiger partial charge in [0.25, 0.3) is 0 Å². The van der Waals surface area contributed by atoms with E-state index in [0.29, 0.717) is 25.4 Å². The SMILES string of the molecule is COCC(CCO)NC(=O)CC(C)C. The Balaban J connectivity index is 3.82. The molecule has 0 radical (unpaired) electrons. The summed E-state index contributed by atoms with van der Waals surface area (Å²) in [7, 11) is 1.58. The second-order valence-corrected chi connectivity index (χ2v) is 3.83. The topological polar surface area (TPSA) is 58.6 Å². The van der Waals surface area contributed by atoms with E-state index in [-0.39, 0.29) is 18.6 Å². The van der Waals surface area contributed by atoms with Crippen molar-refractivity contribution in [3.05, 3.63) is 0 Å². The van der Waals surface area contributed by atoms with Crippen LogP contribution in [-0.4, -0.2) is 37.4 Å². The van der Waals surface area contributed by atoms with E-state index in [9.17, 15) is 4.79 Å². The normalized spacial score (nSPS) is 12.9. The van der Waals surface area contributed by atoms with Crippen LogP contribution >= 0.6 is 0 Å². The number of aliphatic hydroxyl groups excluding tert-OH is 1. The van der Waals surface area contributed by atoms with Gasteiger partial charge in [0.2, 0.25) is 5.91 Å². The molecule has 0 aromatic carbocycles. The zero-order valence-electron chi connectivity index (χ0n) is 9.25. The largest absolute Gasteiger partial charge is 0.396 e. The lowest BCUT2D eigenvalue weighted by molar-refractivity contribution is -0.123. The molecule has 0 aromatic rings. The number of carbonyl (C=O) groups is 1. The molecule has 2 N–H and O–H groups in total. The van der Waals surface area contributed by atoms with E-state index in [1.807, 2.05) is 13.8 Å². The number of aliphatic hydroxyl groups is 1. The molecule has 1 unspecified atom stereocenters. The lowest BCUT2D eigenvalue weighted by atomic mass is 10.1. The molecule has 0 aliphatic carbocycles. The molecule has 0 bridgehead atoms. The highest BCUT2D eigenvalue weighted by Gasteiger charge is 2.12. The fraction of sp³-hybridized carbons (Fsp3) is 0.900. The van der Waals surface area contributed by atoms with Crippen LogP contribution in [0, 0.1) is 5.92 Å². The summed E-state index contributed by atoms with van der Waals surface area (Å²) < 4.78 is 4.94. The molecular formula is C10H21NO3. The van der Waals surface area contributed by atoms with Gasteiger partial charge in [-0.05, 0) is 12.3 Å². The van der Waals surface area contributed by atoms with Gasteiger partial charge < -0.3 is 15.2 Å². The molecule has 0 rings (SSSR count). The Morgan fingerprint density at radius 2 is 2.14 bits per heavy atom. The predicted molar refractivity (Wildman–Crippen MR) is 55.0 cm³/mol. The van der Waals surface area contributed by atoms with Crippen molar-refractivity contribution in [3.8, 4) is 0 Å². The van der Waals surface area contributed by atoms with Crippen LogP contribution < -0.4 is 5.32 Å². The van der Waals surface area contributed by atoms with Gasteiger partial charge in [-0.2, -0.15) is 0 Å². The maximum Gasteiger partial charge on any atom is 0.220 e. The minimum absolute atomic E-state index is 0.0236. The molecule has 0 saturated carbocycles. The predicted octanol–water partition coefficient (Wildman–Crippen LogP) is 0.546. The van der Waals surface area contributed by atoms with Crippen LogP contribution in [0.25, 0.3) is 0 Å². The molecule has 0 aliphatic heterocycles. The number of carbonyl (C=O) groups excluding carboxylic acids is 1. The third-order valence-electron chi connectivity index (χ3n) is 1.80. The van der Waals surface area contributed by atoms with Gasteiger partial charge in [-0.1, -0.05) is 13.8 Å². The molecule has 0 aliphatic rings. The molecule has 0 spiro atoms. The number of methoxy groups -OCH3 is 1. The number of hydrogen-bond acceptors (Lipinski definition) is 3. The van der Waals surface area contributed by atoms with E-state index < -0.39 is 0 Å². The number of amides is 1. The van der Waals surface area contributed by atoms with E-state index >= 15 is 0 Å². The number of hydrogen-bond donors (Lipinski definition) is 2. The van der Waals surface area contributed by atoms with Crippen molar-refractivity contribution < 1.29 is 14.6 Å².